The molecule has 0 fully saturated rings. The molecule has 0 bridgehead atoms. The van der Waals surface area contributed by atoms with Gasteiger partial charge >= 0.3 is 0 Å². The summed E-state index contributed by atoms with van der Waals surface area (Å²) in [6, 6.07) is 17.0. The quantitative estimate of drug-likeness (QED) is 0.336. The number of carbonyl (C=O) groups is 2. The number of ether oxygens (including phenoxy) is 2. The van der Waals surface area contributed by atoms with Crippen LogP contribution in [0.15, 0.2) is 71.6 Å². The van der Waals surface area contributed by atoms with Crippen molar-refractivity contribution in [2.45, 2.75) is 38.3 Å². The molecular weight excluding hydrogens is 554 g/mol. The summed E-state index contributed by atoms with van der Waals surface area (Å²) < 4.78 is 39.5. The molecule has 3 aromatic rings. The molecule has 0 spiro atoms. The van der Waals surface area contributed by atoms with E-state index in [0.29, 0.717) is 17.3 Å². The van der Waals surface area contributed by atoms with E-state index in [0.717, 1.165) is 15.4 Å². The van der Waals surface area contributed by atoms with Crippen LogP contribution in [-0.4, -0.2) is 58.5 Å². The maximum atomic E-state index is 14.0. The lowest BCUT2D eigenvalue weighted by Gasteiger charge is -2.32. The summed E-state index contributed by atoms with van der Waals surface area (Å²) in [4.78, 5) is 28.0. The minimum atomic E-state index is -4.28. The molecule has 0 aliphatic heterocycles. The summed E-state index contributed by atoms with van der Waals surface area (Å²) in [5.41, 5.74) is 2.08. The number of likely N-dealkylation sites (N-methyl/N-ethyl adjacent to an activating group) is 1. The van der Waals surface area contributed by atoms with E-state index in [1.807, 2.05) is 31.2 Å². The predicted octanol–water partition coefficient (Wildman–Crippen LogP) is 4.41. The van der Waals surface area contributed by atoms with E-state index in [9.17, 15) is 18.0 Å². The Morgan fingerprint density at radius 3 is 2.15 bits per heavy atom. The van der Waals surface area contributed by atoms with Crippen LogP contribution in [0.1, 0.15) is 25.0 Å². The van der Waals surface area contributed by atoms with Crippen molar-refractivity contribution < 1.29 is 27.5 Å². The highest BCUT2D eigenvalue weighted by atomic mass is 35.5. The molecule has 3 aromatic carbocycles. The van der Waals surface area contributed by atoms with Crippen molar-refractivity contribution in [2.24, 2.45) is 0 Å². The number of methoxy groups -OCH3 is 2. The average Bonchev–Trinajstić information content (AvgIpc) is 2.95. The van der Waals surface area contributed by atoms with Crippen molar-refractivity contribution in [3.05, 3.63) is 82.9 Å². The zero-order valence-electron chi connectivity index (χ0n) is 23.2. The second kappa shape index (κ2) is 13.5. The Kier molecular flexibility index (Phi) is 10.4. The third kappa shape index (κ3) is 7.25. The molecule has 3 rings (SSSR count). The topological polar surface area (TPSA) is 105 Å². The van der Waals surface area contributed by atoms with Crippen LogP contribution in [0.5, 0.6) is 11.5 Å². The summed E-state index contributed by atoms with van der Waals surface area (Å²) in [5, 5.41) is 3.15. The zero-order chi connectivity index (χ0) is 29.4. The number of anilines is 1. The predicted molar refractivity (Wildman–Crippen MR) is 155 cm³/mol. The number of nitrogens with one attached hydrogen (secondary N) is 1. The van der Waals surface area contributed by atoms with Gasteiger partial charge in [-0.15, -0.1) is 0 Å². The van der Waals surface area contributed by atoms with E-state index in [2.05, 4.69) is 5.32 Å². The number of sulfonamides is 1. The Balaban J connectivity index is 2.06. The average molecular weight is 588 g/mol. The highest BCUT2D eigenvalue weighted by Gasteiger charge is 2.33. The Labute approximate surface area is 240 Å². The molecule has 1 atom stereocenters. The van der Waals surface area contributed by atoms with Crippen LogP contribution in [0.3, 0.4) is 0 Å². The molecule has 0 heterocycles. The number of nitrogens with zero attached hydrogens (tertiary/aromatic N) is 2. The van der Waals surface area contributed by atoms with E-state index < -0.39 is 28.5 Å². The number of hydrogen-bond acceptors (Lipinski definition) is 6. The van der Waals surface area contributed by atoms with Crippen LogP contribution in [0.2, 0.25) is 5.02 Å². The van der Waals surface area contributed by atoms with Gasteiger partial charge in [0.2, 0.25) is 11.8 Å². The molecule has 11 heteroatoms. The van der Waals surface area contributed by atoms with Gasteiger partial charge in [0.15, 0.2) is 11.5 Å². The van der Waals surface area contributed by atoms with E-state index >= 15 is 0 Å². The van der Waals surface area contributed by atoms with Crippen LogP contribution < -0.4 is 19.1 Å². The SMILES string of the molecule is CCNC(=O)C(C)N(Cc1ccc(C)cc1)C(=O)CN(c1ccc(Cl)cc1)S(=O)(=O)c1ccc(OC)c(OC)c1. The Bertz CT molecular complexity index is 1430. The first kappa shape index (κ1) is 30.8. The number of rotatable bonds is 12. The second-order valence-electron chi connectivity index (χ2n) is 9.08. The second-order valence-corrected chi connectivity index (χ2v) is 11.4. The highest BCUT2D eigenvalue weighted by Crippen LogP contribution is 2.32. The smallest absolute Gasteiger partial charge is 0.264 e. The number of carbonyl (C=O) groups excluding carboxylic acids is 2. The van der Waals surface area contributed by atoms with Gasteiger partial charge in [-0.3, -0.25) is 13.9 Å². The maximum absolute atomic E-state index is 14.0. The minimum absolute atomic E-state index is 0.102. The summed E-state index contributed by atoms with van der Waals surface area (Å²) in [7, 11) is -1.43. The van der Waals surface area contributed by atoms with Gasteiger partial charge in [-0.25, -0.2) is 8.42 Å². The van der Waals surface area contributed by atoms with Crippen LogP contribution in [0.4, 0.5) is 5.69 Å². The molecule has 0 saturated carbocycles. The molecule has 0 aliphatic rings. The van der Waals surface area contributed by atoms with Crippen LogP contribution >= 0.6 is 11.6 Å². The van der Waals surface area contributed by atoms with E-state index in [-0.39, 0.29) is 28.8 Å². The Morgan fingerprint density at radius 1 is 0.950 bits per heavy atom. The van der Waals surface area contributed by atoms with Crippen molar-refractivity contribution in [3.63, 3.8) is 0 Å². The normalized spacial score (nSPS) is 11.8. The van der Waals surface area contributed by atoms with Crippen LogP contribution in [0.25, 0.3) is 0 Å². The fraction of sp³-hybridized carbons (Fsp3) is 0.310. The Hall–Kier alpha value is -3.76. The molecule has 214 valence electrons. The number of halogens is 1. The Morgan fingerprint density at radius 2 is 1.57 bits per heavy atom. The summed E-state index contributed by atoms with van der Waals surface area (Å²) in [6.07, 6.45) is 0. The molecular formula is C29H34ClN3O6S. The summed E-state index contributed by atoms with van der Waals surface area (Å²) in [6.45, 7) is 5.30. The van der Waals surface area contributed by atoms with E-state index in [1.165, 1.54) is 49.5 Å². The molecule has 40 heavy (non-hydrogen) atoms. The van der Waals surface area contributed by atoms with Gasteiger partial charge < -0.3 is 19.7 Å². The summed E-state index contributed by atoms with van der Waals surface area (Å²) >= 11 is 6.07. The first-order chi connectivity index (χ1) is 19.0. The van der Waals surface area contributed by atoms with Gasteiger partial charge in [-0.05, 0) is 62.7 Å². The molecule has 2 amide bonds. The van der Waals surface area contributed by atoms with Gasteiger partial charge in [-0.2, -0.15) is 0 Å². The largest absolute Gasteiger partial charge is 0.493 e. The first-order valence-corrected chi connectivity index (χ1v) is 14.5. The van der Waals surface area contributed by atoms with Crippen LogP contribution in [0, 0.1) is 6.92 Å². The number of hydrogen-bond donors (Lipinski definition) is 1. The first-order valence-electron chi connectivity index (χ1n) is 12.6. The molecule has 1 unspecified atom stereocenters. The maximum Gasteiger partial charge on any atom is 0.264 e. The van der Waals surface area contributed by atoms with Crippen molar-refractivity contribution in [1.82, 2.24) is 10.2 Å². The highest BCUT2D eigenvalue weighted by molar-refractivity contribution is 7.92. The van der Waals surface area contributed by atoms with Gasteiger partial charge in [0.25, 0.3) is 10.0 Å². The van der Waals surface area contributed by atoms with E-state index in [1.54, 1.807) is 26.0 Å². The molecule has 0 aliphatic carbocycles. The van der Waals surface area contributed by atoms with Crippen molar-refractivity contribution >= 4 is 39.1 Å². The van der Waals surface area contributed by atoms with Crippen molar-refractivity contribution in [2.75, 3.05) is 31.6 Å². The zero-order valence-corrected chi connectivity index (χ0v) is 24.8. The van der Waals surface area contributed by atoms with Gasteiger partial charge in [0.1, 0.15) is 12.6 Å². The van der Waals surface area contributed by atoms with Gasteiger partial charge in [0, 0.05) is 24.2 Å². The number of aryl methyl sites for hydroxylation is 1. The fourth-order valence-corrected chi connectivity index (χ4v) is 5.59. The molecule has 0 radical (unpaired) electrons. The lowest BCUT2D eigenvalue weighted by atomic mass is 10.1. The van der Waals surface area contributed by atoms with Crippen LogP contribution in [-0.2, 0) is 26.2 Å². The molecule has 0 saturated heterocycles. The fourth-order valence-electron chi connectivity index (χ4n) is 4.04. The lowest BCUT2D eigenvalue weighted by Crippen LogP contribution is -2.51. The molecule has 0 aromatic heterocycles. The van der Waals surface area contributed by atoms with Crippen molar-refractivity contribution in [3.8, 4) is 11.5 Å². The number of amides is 2. The van der Waals surface area contributed by atoms with E-state index in [4.69, 9.17) is 21.1 Å². The molecule has 9 nitrogen and oxygen atoms in total. The molecule has 1 N–H and O–H groups in total. The van der Waals surface area contributed by atoms with Gasteiger partial charge in [0.05, 0.1) is 24.8 Å². The summed E-state index contributed by atoms with van der Waals surface area (Å²) in [5.74, 6) is -0.325. The minimum Gasteiger partial charge on any atom is -0.493 e. The standard InChI is InChI=1S/C29H34ClN3O6S/c1-6-31-29(35)21(3)32(18-22-9-7-20(2)8-10-22)28(34)19-33(24-13-11-23(30)12-14-24)40(36,37)25-15-16-26(38-4)27(17-25)39-5/h7-17,21H,6,18-19H2,1-5H3,(H,31,35). The third-order valence-corrected chi connectivity index (χ3v) is 8.35. The van der Waals surface area contributed by atoms with Gasteiger partial charge in [-0.1, -0.05) is 41.4 Å². The lowest BCUT2D eigenvalue weighted by molar-refractivity contribution is -0.139. The third-order valence-electron chi connectivity index (χ3n) is 6.33. The number of benzene rings is 3. The monoisotopic (exact) mass is 587 g/mol. The van der Waals surface area contributed by atoms with Crippen molar-refractivity contribution in [1.29, 1.82) is 0 Å².